The summed E-state index contributed by atoms with van der Waals surface area (Å²) in [6.45, 7) is 5.04. The van der Waals surface area contributed by atoms with E-state index in [9.17, 15) is 13.5 Å². The van der Waals surface area contributed by atoms with Gasteiger partial charge in [-0.25, -0.2) is 8.42 Å². The summed E-state index contributed by atoms with van der Waals surface area (Å²) >= 11 is 0. The van der Waals surface area contributed by atoms with Crippen LogP contribution in [0.4, 0.5) is 0 Å². The summed E-state index contributed by atoms with van der Waals surface area (Å²) in [4.78, 5) is 2.78. The fraction of sp³-hybridized carbons (Fsp3) is 0.625. The number of aryl methyl sites for hydroxylation is 1. The molecule has 4 nitrogen and oxygen atoms in total. The average molecular weight is 311 g/mol. The molecule has 1 aliphatic rings. The quantitative estimate of drug-likeness (QED) is 0.821. The first kappa shape index (κ1) is 16.3. The SMILES string of the molecule is Cc1cc(O)ccc1S(=O)(=O)CCCCN1CCCCC1. The monoisotopic (exact) mass is 311 g/mol. The lowest BCUT2D eigenvalue weighted by Crippen LogP contribution is -2.30. The fourth-order valence-electron chi connectivity index (χ4n) is 2.90. The van der Waals surface area contributed by atoms with Gasteiger partial charge < -0.3 is 10.0 Å². The van der Waals surface area contributed by atoms with Gasteiger partial charge in [0, 0.05) is 0 Å². The summed E-state index contributed by atoms with van der Waals surface area (Å²) in [5.41, 5.74) is 0.617. The normalized spacial score (nSPS) is 17.0. The van der Waals surface area contributed by atoms with Crippen molar-refractivity contribution in [2.75, 3.05) is 25.4 Å². The van der Waals surface area contributed by atoms with Crippen molar-refractivity contribution >= 4 is 9.84 Å². The Balaban J connectivity index is 1.83. The van der Waals surface area contributed by atoms with Gasteiger partial charge in [0.05, 0.1) is 10.6 Å². The highest BCUT2D eigenvalue weighted by Gasteiger charge is 2.17. The Morgan fingerprint density at radius 2 is 1.86 bits per heavy atom. The van der Waals surface area contributed by atoms with Crippen molar-refractivity contribution < 1.29 is 13.5 Å². The summed E-state index contributed by atoms with van der Waals surface area (Å²) in [7, 11) is -3.24. The Kier molecular flexibility index (Phi) is 5.65. The lowest BCUT2D eigenvalue weighted by atomic mass is 10.1. The minimum absolute atomic E-state index is 0.108. The van der Waals surface area contributed by atoms with Gasteiger partial charge >= 0.3 is 0 Å². The number of benzene rings is 1. The minimum Gasteiger partial charge on any atom is -0.508 e. The molecule has 1 N–H and O–H groups in total. The zero-order chi connectivity index (χ0) is 15.3. The number of aromatic hydroxyl groups is 1. The first-order valence-corrected chi connectivity index (χ1v) is 9.39. The van der Waals surface area contributed by atoms with Gasteiger partial charge in [-0.15, -0.1) is 0 Å². The van der Waals surface area contributed by atoms with Crippen LogP contribution in [-0.4, -0.2) is 43.8 Å². The highest BCUT2D eigenvalue weighted by atomic mass is 32.2. The number of hydrogen-bond donors (Lipinski definition) is 1. The third kappa shape index (κ3) is 4.71. The van der Waals surface area contributed by atoms with Crippen LogP contribution in [0.2, 0.25) is 0 Å². The summed E-state index contributed by atoms with van der Waals surface area (Å²) < 4.78 is 24.6. The van der Waals surface area contributed by atoms with Crippen LogP contribution in [0.15, 0.2) is 23.1 Å². The molecule has 1 saturated heterocycles. The molecule has 5 heteroatoms. The fourth-order valence-corrected chi connectivity index (χ4v) is 4.53. The number of sulfone groups is 1. The van der Waals surface area contributed by atoms with E-state index < -0.39 is 9.84 Å². The van der Waals surface area contributed by atoms with Crippen molar-refractivity contribution in [2.24, 2.45) is 0 Å². The number of likely N-dealkylation sites (tertiary alicyclic amines) is 1. The molecule has 0 aromatic heterocycles. The van der Waals surface area contributed by atoms with Crippen molar-refractivity contribution in [3.05, 3.63) is 23.8 Å². The second kappa shape index (κ2) is 7.27. The molecule has 1 aromatic rings. The third-order valence-electron chi connectivity index (χ3n) is 4.08. The van der Waals surface area contributed by atoms with E-state index in [0.29, 0.717) is 16.9 Å². The van der Waals surface area contributed by atoms with Crippen LogP contribution < -0.4 is 0 Å². The van der Waals surface area contributed by atoms with Crippen LogP contribution in [0.5, 0.6) is 5.75 Å². The molecule has 0 amide bonds. The summed E-state index contributed by atoms with van der Waals surface area (Å²) in [6, 6.07) is 4.44. The molecule has 0 spiro atoms. The molecule has 1 fully saturated rings. The molecular weight excluding hydrogens is 286 g/mol. The van der Waals surface area contributed by atoms with E-state index in [4.69, 9.17) is 0 Å². The number of phenolic OH excluding ortho intramolecular Hbond substituents is 1. The summed E-state index contributed by atoms with van der Waals surface area (Å²) in [5, 5.41) is 9.36. The van der Waals surface area contributed by atoms with Gasteiger partial charge in [-0.05, 0) is 76.0 Å². The van der Waals surface area contributed by atoms with Gasteiger partial charge in [-0.3, -0.25) is 0 Å². The molecule has 118 valence electrons. The maximum atomic E-state index is 12.3. The Hall–Kier alpha value is -1.07. The second-order valence-electron chi connectivity index (χ2n) is 5.88. The molecule has 21 heavy (non-hydrogen) atoms. The van der Waals surface area contributed by atoms with E-state index in [0.717, 1.165) is 26.1 Å². The van der Waals surface area contributed by atoms with Crippen molar-refractivity contribution in [3.63, 3.8) is 0 Å². The Labute approximate surface area is 127 Å². The average Bonchev–Trinajstić information content (AvgIpc) is 2.44. The van der Waals surface area contributed by atoms with E-state index in [1.54, 1.807) is 6.92 Å². The van der Waals surface area contributed by atoms with Gasteiger partial charge in [0.25, 0.3) is 0 Å². The van der Waals surface area contributed by atoms with Crippen LogP contribution in [0.1, 0.15) is 37.7 Å². The molecule has 2 rings (SSSR count). The Morgan fingerprint density at radius 1 is 1.14 bits per heavy atom. The van der Waals surface area contributed by atoms with Gasteiger partial charge in [0.1, 0.15) is 5.75 Å². The highest BCUT2D eigenvalue weighted by Crippen LogP contribution is 2.22. The lowest BCUT2D eigenvalue weighted by molar-refractivity contribution is 0.226. The minimum atomic E-state index is -3.24. The molecule has 1 heterocycles. The number of hydrogen-bond acceptors (Lipinski definition) is 4. The molecule has 1 aromatic carbocycles. The Morgan fingerprint density at radius 3 is 2.52 bits per heavy atom. The van der Waals surface area contributed by atoms with E-state index >= 15 is 0 Å². The molecule has 0 radical (unpaired) electrons. The number of phenols is 1. The van der Waals surface area contributed by atoms with Crippen LogP contribution in [0, 0.1) is 6.92 Å². The summed E-state index contributed by atoms with van der Waals surface area (Å²) in [5.74, 6) is 0.295. The van der Waals surface area contributed by atoms with E-state index in [1.165, 1.54) is 37.5 Å². The van der Waals surface area contributed by atoms with Crippen LogP contribution in [0.3, 0.4) is 0 Å². The van der Waals surface area contributed by atoms with Crippen molar-refractivity contribution in [2.45, 2.75) is 43.9 Å². The number of nitrogens with zero attached hydrogens (tertiary/aromatic N) is 1. The predicted octanol–water partition coefficient (Wildman–Crippen LogP) is 2.74. The molecule has 1 aliphatic heterocycles. The smallest absolute Gasteiger partial charge is 0.178 e. The number of rotatable bonds is 6. The molecule has 0 bridgehead atoms. The van der Waals surface area contributed by atoms with Crippen molar-refractivity contribution in [1.82, 2.24) is 4.90 Å². The van der Waals surface area contributed by atoms with E-state index in [1.807, 2.05) is 0 Å². The van der Waals surface area contributed by atoms with Crippen LogP contribution in [-0.2, 0) is 9.84 Å². The Bertz CT molecular complexity index is 563. The maximum Gasteiger partial charge on any atom is 0.178 e. The highest BCUT2D eigenvalue weighted by molar-refractivity contribution is 7.91. The first-order chi connectivity index (χ1) is 9.99. The van der Waals surface area contributed by atoms with Gasteiger partial charge in [0.2, 0.25) is 0 Å². The molecule has 0 saturated carbocycles. The van der Waals surface area contributed by atoms with Crippen LogP contribution in [0.25, 0.3) is 0 Å². The maximum absolute atomic E-state index is 12.3. The standard InChI is InChI=1S/C16H25NO3S/c1-14-13-15(18)7-8-16(14)21(19,20)12-6-5-11-17-9-3-2-4-10-17/h7-8,13,18H,2-6,9-12H2,1H3. The van der Waals surface area contributed by atoms with Gasteiger partial charge in [-0.1, -0.05) is 6.42 Å². The van der Waals surface area contributed by atoms with Gasteiger partial charge in [-0.2, -0.15) is 0 Å². The van der Waals surface area contributed by atoms with Gasteiger partial charge in [0.15, 0.2) is 9.84 Å². The number of unbranched alkanes of at least 4 members (excludes halogenated alkanes) is 1. The molecule has 0 aliphatic carbocycles. The number of piperidine rings is 1. The van der Waals surface area contributed by atoms with E-state index in [-0.39, 0.29) is 11.5 Å². The molecule has 0 atom stereocenters. The topological polar surface area (TPSA) is 57.6 Å². The first-order valence-electron chi connectivity index (χ1n) is 7.74. The van der Waals surface area contributed by atoms with Crippen LogP contribution >= 0.6 is 0 Å². The second-order valence-corrected chi connectivity index (χ2v) is 7.96. The van der Waals surface area contributed by atoms with E-state index in [2.05, 4.69) is 4.90 Å². The predicted molar refractivity (Wildman–Crippen MR) is 84.4 cm³/mol. The summed E-state index contributed by atoms with van der Waals surface area (Å²) in [6.07, 6.45) is 5.48. The zero-order valence-electron chi connectivity index (χ0n) is 12.7. The molecular formula is C16H25NO3S. The van der Waals surface area contributed by atoms with Crippen molar-refractivity contribution in [1.29, 1.82) is 0 Å². The zero-order valence-corrected chi connectivity index (χ0v) is 13.5. The third-order valence-corrected chi connectivity index (χ3v) is 6.03. The lowest BCUT2D eigenvalue weighted by Gasteiger charge is -2.26. The largest absolute Gasteiger partial charge is 0.508 e. The van der Waals surface area contributed by atoms with Crippen molar-refractivity contribution in [3.8, 4) is 5.75 Å². The molecule has 0 unspecified atom stereocenters.